The molecular formula is C28H24Cl2Hf2N4O4-6. The summed E-state index contributed by atoms with van der Waals surface area (Å²) in [5.41, 5.74) is 28.5. The zero-order chi connectivity index (χ0) is 26.8. The van der Waals surface area contributed by atoms with Crippen LogP contribution >= 0.6 is 0 Å². The van der Waals surface area contributed by atoms with Crippen LogP contribution in [0.15, 0.2) is 121 Å². The van der Waals surface area contributed by atoms with Crippen molar-refractivity contribution in [1.82, 2.24) is 0 Å². The van der Waals surface area contributed by atoms with Gasteiger partial charge in [0.1, 0.15) is 0 Å². The van der Waals surface area contributed by atoms with Gasteiger partial charge < -0.3 is 66.9 Å². The maximum absolute atomic E-state index is 10.3. The Morgan fingerprint density at radius 3 is 0.525 bits per heavy atom. The van der Waals surface area contributed by atoms with Crippen LogP contribution in [0, 0.1) is 0 Å². The summed E-state index contributed by atoms with van der Waals surface area (Å²) >= 11 is 0. The first-order valence-corrected chi connectivity index (χ1v) is 10.5. The Labute approximate surface area is 283 Å². The van der Waals surface area contributed by atoms with Crippen LogP contribution in [-0.2, 0) is 51.7 Å². The maximum Gasteiger partial charge on any atom is 0.0796 e. The van der Waals surface area contributed by atoms with Gasteiger partial charge in [0.05, 0.1) is 23.6 Å². The molecule has 4 N–H and O–H groups in total. The van der Waals surface area contributed by atoms with E-state index in [0.717, 1.165) is 0 Å². The van der Waals surface area contributed by atoms with Crippen molar-refractivity contribution in [1.29, 1.82) is 0 Å². The minimum atomic E-state index is -0.629. The van der Waals surface area contributed by atoms with E-state index >= 15 is 0 Å². The molecule has 12 heteroatoms. The van der Waals surface area contributed by atoms with Gasteiger partial charge in [0.15, 0.2) is 0 Å². The molecule has 0 aliphatic heterocycles. The molecule has 0 fully saturated rings. The first kappa shape index (κ1) is 44.1. The number of benzene rings is 4. The molecular weight excluding hydrogens is 884 g/mol. The van der Waals surface area contributed by atoms with Crippen LogP contribution in [0.25, 0.3) is 22.9 Å². The Hall–Kier alpha value is -2.92. The number of hydrogen-bond acceptors (Lipinski definition) is 4. The molecule has 8 nitrogen and oxygen atoms in total. The van der Waals surface area contributed by atoms with Gasteiger partial charge in [0.25, 0.3) is 0 Å². The van der Waals surface area contributed by atoms with Crippen LogP contribution in [0.5, 0.6) is 0 Å². The number of nitrogens with one attached hydrogen (secondary N) is 4. The standard InChI is InChI=1S/4C7H7NO.2ClH.2Hf/c4*8-7(9)6-4-2-1-3-5-6;;;;/h4*1-5H,(H2,8,9);2*1H;;/p-6. The molecule has 0 saturated carbocycles. The van der Waals surface area contributed by atoms with E-state index in [4.69, 9.17) is 22.9 Å². The fourth-order valence-corrected chi connectivity index (χ4v) is 2.36. The molecule has 40 heavy (non-hydrogen) atoms. The minimum Gasteiger partial charge on any atom is -1.00 e. The topological polar surface area (TPSA) is 163 Å². The van der Waals surface area contributed by atoms with Crippen molar-refractivity contribution in [2.24, 2.45) is 0 Å². The molecule has 0 atom stereocenters. The molecule has 4 aromatic rings. The van der Waals surface area contributed by atoms with E-state index < -0.39 is 23.6 Å². The molecule has 0 aromatic heterocycles. The summed E-state index contributed by atoms with van der Waals surface area (Å²) in [7, 11) is 0. The molecule has 0 saturated heterocycles. The second-order valence-corrected chi connectivity index (χ2v) is 6.78. The second kappa shape index (κ2) is 26.3. The van der Waals surface area contributed by atoms with Gasteiger partial charge in [-0.3, -0.25) is 0 Å². The zero-order valence-electron chi connectivity index (χ0n) is 20.9. The van der Waals surface area contributed by atoms with Crippen molar-refractivity contribution in [3.05, 3.63) is 167 Å². The number of carbonyl (C=O) groups excluding carboxylic acids is 4. The molecule has 0 aliphatic carbocycles. The number of carbonyl (C=O) groups is 4. The van der Waals surface area contributed by atoms with Gasteiger partial charge >= 0.3 is 0 Å². The van der Waals surface area contributed by atoms with Crippen LogP contribution in [0.1, 0.15) is 41.4 Å². The van der Waals surface area contributed by atoms with E-state index in [0.29, 0.717) is 22.3 Å². The van der Waals surface area contributed by atoms with Gasteiger partial charge in [-0.2, -0.15) is 0 Å². The summed E-state index contributed by atoms with van der Waals surface area (Å²) in [5, 5.41) is 0. The van der Waals surface area contributed by atoms with Crippen LogP contribution in [-0.4, -0.2) is 23.6 Å². The van der Waals surface area contributed by atoms with Gasteiger partial charge in [-0.05, 0) is 22.3 Å². The first-order valence-electron chi connectivity index (χ1n) is 10.5. The molecule has 0 aliphatic rings. The summed E-state index contributed by atoms with van der Waals surface area (Å²) in [5.74, 6) is -2.52. The average molecular weight is 908 g/mol. The van der Waals surface area contributed by atoms with Crippen molar-refractivity contribution in [2.75, 3.05) is 0 Å². The molecule has 0 bridgehead atoms. The molecule has 208 valence electrons. The van der Waals surface area contributed by atoms with Crippen LogP contribution in [0.4, 0.5) is 0 Å². The first-order chi connectivity index (χ1) is 17.2. The molecule has 4 amide bonds. The summed E-state index contributed by atoms with van der Waals surface area (Å²) in [6.45, 7) is 0. The van der Waals surface area contributed by atoms with E-state index in [9.17, 15) is 19.2 Å². The fourth-order valence-electron chi connectivity index (χ4n) is 2.36. The van der Waals surface area contributed by atoms with Crippen LogP contribution < -0.4 is 24.8 Å². The number of amides is 4. The van der Waals surface area contributed by atoms with E-state index in [2.05, 4.69) is 0 Å². The normalized spacial score (nSPS) is 8.00. The number of halogens is 2. The Kier molecular flexibility index (Phi) is 29.0. The van der Waals surface area contributed by atoms with Crippen molar-refractivity contribution < 1.29 is 95.7 Å². The van der Waals surface area contributed by atoms with Crippen LogP contribution in [0.3, 0.4) is 0 Å². The smallest absolute Gasteiger partial charge is 0.0796 e. The van der Waals surface area contributed by atoms with E-state index in [-0.39, 0.29) is 76.5 Å². The van der Waals surface area contributed by atoms with Gasteiger partial charge in [-0.25, -0.2) is 0 Å². The Morgan fingerprint density at radius 2 is 0.450 bits per heavy atom. The largest absolute Gasteiger partial charge is 1.00 e. The van der Waals surface area contributed by atoms with Crippen molar-refractivity contribution in [2.45, 2.75) is 0 Å². The van der Waals surface area contributed by atoms with Gasteiger partial charge in [-0.1, -0.05) is 121 Å². The Bertz CT molecular complexity index is 1040. The molecule has 4 rings (SSSR count). The predicted octanol–water partition coefficient (Wildman–Crippen LogP) is 1.52. The van der Waals surface area contributed by atoms with Gasteiger partial charge in [0, 0.05) is 51.7 Å². The van der Waals surface area contributed by atoms with E-state index in [1.807, 2.05) is 24.3 Å². The third-order valence-electron chi connectivity index (χ3n) is 4.14. The Balaban J connectivity index is -0.000000209. The second-order valence-electron chi connectivity index (χ2n) is 6.78. The van der Waals surface area contributed by atoms with E-state index in [1.165, 1.54) is 0 Å². The maximum atomic E-state index is 10.3. The van der Waals surface area contributed by atoms with Crippen molar-refractivity contribution in [3.8, 4) is 0 Å². The third-order valence-corrected chi connectivity index (χ3v) is 4.14. The summed E-state index contributed by atoms with van der Waals surface area (Å²) in [4.78, 5) is 41.2. The van der Waals surface area contributed by atoms with Gasteiger partial charge in [-0.15, -0.1) is 0 Å². The minimum absolute atomic E-state index is 0. The molecule has 0 spiro atoms. The van der Waals surface area contributed by atoms with Crippen molar-refractivity contribution >= 4 is 23.6 Å². The van der Waals surface area contributed by atoms with E-state index in [1.54, 1.807) is 97.1 Å². The molecule has 0 unspecified atom stereocenters. The summed E-state index contributed by atoms with van der Waals surface area (Å²) in [6.07, 6.45) is 0. The number of hydrogen-bond donors (Lipinski definition) is 0. The van der Waals surface area contributed by atoms with Crippen molar-refractivity contribution in [3.63, 3.8) is 0 Å². The monoisotopic (exact) mass is 910 g/mol. The average Bonchev–Trinajstić information content (AvgIpc) is 2.92. The molecule has 0 heterocycles. The summed E-state index contributed by atoms with van der Waals surface area (Å²) in [6, 6.07) is 34.1. The molecule has 4 aromatic carbocycles. The zero-order valence-corrected chi connectivity index (χ0v) is 29.6. The Morgan fingerprint density at radius 1 is 0.325 bits per heavy atom. The van der Waals surface area contributed by atoms with Gasteiger partial charge in [0.2, 0.25) is 0 Å². The summed E-state index contributed by atoms with van der Waals surface area (Å²) < 4.78 is 0. The SMILES string of the molecule is [Cl-].[Cl-].[Hf].[Hf].[NH-]C(=O)c1ccccc1.[NH-]C(=O)c1ccccc1.[NH-]C(=O)c1ccccc1.[NH-]C(=O)c1ccccc1. The fraction of sp³-hybridized carbons (Fsp3) is 0. The predicted molar refractivity (Wildman–Crippen MR) is 140 cm³/mol. The molecule has 0 radical (unpaired) electrons. The third kappa shape index (κ3) is 20.0. The van der Waals surface area contributed by atoms with Crippen LogP contribution in [0.2, 0.25) is 0 Å². The number of rotatable bonds is 4. The quantitative estimate of drug-likeness (QED) is 0.284.